The summed E-state index contributed by atoms with van der Waals surface area (Å²) in [5.74, 6) is 0.0640. The van der Waals surface area contributed by atoms with E-state index in [2.05, 4.69) is 4.90 Å². The van der Waals surface area contributed by atoms with Crippen LogP contribution in [0.4, 0.5) is 0 Å². The normalized spacial score (nSPS) is 24.3. The lowest BCUT2D eigenvalue weighted by Gasteiger charge is -2.42. The van der Waals surface area contributed by atoms with Crippen LogP contribution in [0.1, 0.15) is 26.7 Å². The molecule has 2 heterocycles. The highest BCUT2D eigenvalue weighted by atomic mass is 16.5. The van der Waals surface area contributed by atoms with E-state index in [0.717, 1.165) is 52.2 Å². The van der Waals surface area contributed by atoms with Crippen molar-refractivity contribution in [1.29, 1.82) is 0 Å². The van der Waals surface area contributed by atoms with Gasteiger partial charge >= 0.3 is 0 Å². The van der Waals surface area contributed by atoms with Gasteiger partial charge in [-0.3, -0.25) is 9.69 Å². The Hall–Kier alpha value is -0.650. The van der Waals surface area contributed by atoms with Crippen LogP contribution in [0.5, 0.6) is 0 Å². The molecule has 5 heteroatoms. The molecule has 2 saturated heterocycles. The average Bonchev–Trinajstić information content (AvgIpc) is 2.38. The second-order valence-corrected chi connectivity index (χ2v) is 5.89. The molecule has 104 valence electrons. The highest BCUT2D eigenvalue weighted by molar-refractivity contribution is 5.85. The molecule has 2 fully saturated rings. The number of hydrogen-bond acceptors (Lipinski definition) is 4. The third-order valence-corrected chi connectivity index (χ3v) is 3.86. The topological polar surface area (TPSA) is 58.8 Å². The lowest BCUT2D eigenvalue weighted by atomic mass is 10.0. The van der Waals surface area contributed by atoms with Gasteiger partial charge in [-0.05, 0) is 26.7 Å². The van der Waals surface area contributed by atoms with Crippen LogP contribution >= 0.6 is 0 Å². The number of nitrogens with two attached hydrogens (primary N) is 1. The zero-order chi connectivity index (χ0) is 13.2. The predicted octanol–water partition coefficient (Wildman–Crippen LogP) is 0.0469. The van der Waals surface area contributed by atoms with Gasteiger partial charge in [0.2, 0.25) is 5.91 Å². The second-order valence-electron chi connectivity index (χ2n) is 5.89. The third-order valence-electron chi connectivity index (χ3n) is 3.86. The molecule has 0 aromatic rings. The molecular weight excluding hydrogens is 230 g/mol. The molecule has 2 aliphatic heterocycles. The SMILES string of the molecule is CC(C)(N)C(=O)N1CCN(C2CCOCC2)CC1. The number of piperazine rings is 1. The molecule has 1 amide bonds. The van der Waals surface area contributed by atoms with Gasteiger partial charge in [0.15, 0.2) is 0 Å². The number of hydrogen-bond donors (Lipinski definition) is 1. The molecule has 2 N–H and O–H groups in total. The molecule has 0 aromatic carbocycles. The van der Waals surface area contributed by atoms with Crippen molar-refractivity contribution in [1.82, 2.24) is 9.80 Å². The third kappa shape index (κ3) is 3.22. The van der Waals surface area contributed by atoms with Gasteiger partial charge in [-0.1, -0.05) is 0 Å². The second kappa shape index (κ2) is 5.55. The number of rotatable bonds is 2. The number of nitrogens with zero attached hydrogens (tertiary/aromatic N) is 2. The monoisotopic (exact) mass is 255 g/mol. The molecule has 0 radical (unpaired) electrons. The van der Waals surface area contributed by atoms with Gasteiger partial charge in [0.25, 0.3) is 0 Å². The average molecular weight is 255 g/mol. The molecule has 0 bridgehead atoms. The number of amides is 1. The van der Waals surface area contributed by atoms with Crippen molar-refractivity contribution >= 4 is 5.91 Å². The maximum atomic E-state index is 12.1. The van der Waals surface area contributed by atoms with Gasteiger partial charge in [-0.15, -0.1) is 0 Å². The summed E-state index contributed by atoms with van der Waals surface area (Å²) in [7, 11) is 0. The summed E-state index contributed by atoms with van der Waals surface area (Å²) in [6.45, 7) is 8.84. The highest BCUT2D eigenvalue weighted by Gasteiger charge is 2.32. The molecule has 0 saturated carbocycles. The van der Waals surface area contributed by atoms with Crippen LogP contribution in [0.15, 0.2) is 0 Å². The van der Waals surface area contributed by atoms with Crippen LogP contribution in [-0.4, -0.2) is 66.7 Å². The van der Waals surface area contributed by atoms with Gasteiger partial charge in [0, 0.05) is 45.4 Å². The number of carbonyl (C=O) groups excluding carboxylic acids is 1. The lowest BCUT2D eigenvalue weighted by Crippen LogP contribution is -2.58. The van der Waals surface area contributed by atoms with E-state index >= 15 is 0 Å². The highest BCUT2D eigenvalue weighted by Crippen LogP contribution is 2.17. The fourth-order valence-electron chi connectivity index (χ4n) is 2.75. The van der Waals surface area contributed by atoms with E-state index in [1.165, 1.54) is 0 Å². The van der Waals surface area contributed by atoms with Crippen molar-refractivity contribution in [2.24, 2.45) is 5.73 Å². The van der Waals surface area contributed by atoms with Crippen molar-refractivity contribution in [2.75, 3.05) is 39.4 Å². The summed E-state index contributed by atoms with van der Waals surface area (Å²) in [4.78, 5) is 16.5. The Morgan fingerprint density at radius 3 is 2.22 bits per heavy atom. The van der Waals surface area contributed by atoms with Gasteiger partial charge in [-0.25, -0.2) is 0 Å². The van der Waals surface area contributed by atoms with Crippen molar-refractivity contribution in [3.63, 3.8) is 0 Å². The summed E-state index contributed by atoms with van der Waals surface area (Å²) in [5, 5.41) is 0. The van der Waals surface area contributed by atoms with Crippen LogP contribution < -0.4 is 5.73 Å². The van der Waals surface area contributed by atoms with Crippen LogP contribution in [0.3, 0.4) is 0 Å². The molecule has 0 atom stereocenters. The van der Waals surface area contributed by atoms with E-state index in [1.54, 1.807) is 13.8 Å². The Kier molecular flexibility index (Phi) is 4.25. The minimum absolute atomic E-state index is 0.0640. The fourth-order valence-corrected chi connectivity index (χ4v) is 2.75. The van der Waals surface area contributed by atoms with Gasteiger partial charge in [0.05, 0.1) is 5.54 Å². The zero-order valence-electron chi connectivity index (χ0n) is 11.5. The predicted molar refractivity (Wildman–Crippen MR) is 70.3 cm³/mol. The van der Waals surface area contributed by atoms with Crippen molar-refractivity contribution in [3.05, 3.63) is 0 Å². The minimum atomic E-state index is -0.749. The molecule has 18 heavy (non-hydrogen) atoms. The van der Waals surface area contributed by atoms with E-state index in [4.69, 9.17) is 10.5 Å². The smallest absolute Gasteiger partial charge is 0.242 e. The maximum absolute atomic E-state index is 12.1. The standard InChI is InChI=1S/C13H25N3O2/c1-13(2,14)12(17)16-7-5-15(6-8-16)11-3-9-18-10-4-11/h11H,3-10,14H2,1-2H3. The van der Waals surface area contributed by atoms with Crippen molar-refractivity contribution in [2.45, 2.75) is 38.3 Å². The van der Waals surface area contributed by atoms with E-state index in [9.17, 15) is 4.79 Å². The molecular formula is C13H25N3O2. The van der Waals surface area contributed by atoms with Crippen LogP contribution in [0, 0.1) is 0 Å². The summed E-state index contributed by atoms with van der Waals surface area (Å²) in [6.07, 6.45) is 2.24. The molecule has 0 unspecified atom stereocenters. The minimum Gasteiger partial charge on any atom is -0.381 e. The Morgan fingerprint density at radius 1 is 1.17 bits per heavy atom. The first kappa shape index (κ1) is 13.8. The first-order chi connectivity index (χ1) is 8.48. The fraction of sp³-hybridized carbons (Fsp3) is 0.923. The Bertz CT molecular complexity index is 287. The Morgan fingerprint density at radius 2 is 1.72 bits per heavy atom. The molecule has 5 nitrogen and oxygen atoms in total. The van der Waals surface area contributed by atoms with E-state index in [1.807, 2.05) is 4.90 Å². The molecule has 0 aromatic heterocycles. The maximum Gasteiger partial charge on any atom is 0.242 e. The van der Waals surface area contributed by atoms with Gasteiger partial charge in [-0.2, -0.15) is 0 Å². The van der Waals surface area contributed by atoms with Gasteiger partial charge < -0.3 is 15.4 Å². The summed E-state index contributed by atoms with van der Waals surface area (Å²) >= 11 is 0. The molecule has 2 rings (SSSR count). The summed E-state index contributed by atoms with van der Waals surface area (Å²) < 4.78 is 5.39. The first-order valence-electron chi connectivity index (χ1n) is 6.88. The lowest BCUT2D eigenvalue weighted by molar-refractivity contribution is -0.138. The molecule has 2 aliphatic rings. The summed E-state index contributed by atoms with van der Waals surface area (Å²) in [6, 6.07) is 0.641. The van der Waals surface area contributed by atoms with Gasteiger partial charge in [0.1, 0.15) is 0 Å². The number of ether oxygens (including phenoxy) is 1. The van der Waals surface area contributed by atoms with Crippen molar-refractivity contribution < 1.29 is 9.53 Å². The Labute approximate surface area is 109 Å². The summed E-state index contributed by atoms with van der Waals surface area (Å²) in [5.41, 5.74) is 5.12. The van der Waals surface area contributed by atoms with E-state index < -0.39 is 5.54 Å². The molecule has 0 spiro atoms. The first-order valence-corrected chi connectivity index (χ1v) is 6.88. The van der Waals surface area contributed by atoms with Crippen LogP contribution in [-0.2, 0) is 9.53 Å². The van der Waals surface area contributed by atoms with E-state index in [-0.39, 0.29) is 5.91 Å². The van der Waals surface area contributed by atoms with E-state index in [0.29, 0.717) is 6.04 Å². The Balaban J connectivity index is 1.82. The molecule has 0 aliphatic carbocycles. The van der Waals surface area contributed by atoms with Crippen molar-refractivity contribution in [3.8, 4) is 0 Å². The van der Waals surface area contributed by atoms with Crippen LogP contribution in [0.25, 0.3) is 0 Å². The number of carbonyl (C=O) groups is 1. The zero-order valence-corrected chi connectivity index (χ0v) is 11.5. The largest absolute Gasteiger partial charge is 0.381 e. The quantitative estimate of drug-likeness (QED) is 0.757. The van der Waals surface area contributed by atoms with Crippen LogP contribution in [0.2, 0.25) is 0 Å².